The van der Waals surface area contributed by atoms with Crippen molar-refractivity contribution in [3.8, 4) is 16.9 Å². The molecule has 6 heteroatoms. The summed E-state index contributed by atoms with van der Waals surface area (Å²) >= 11 is 0. The van der Waals surface area contributed by atoms with Crippen molar-refractivity contribution >= 4 is 49.6 Å². The Labute approximate surface area is 288 Å². The number of para-hydroxylation sites is 2. The topological polar surface area (TPSA) is 67.4 Å². The molecule has 2 atom stereocenters. The van der Waals surface area contributed by atoms with Gasteiger partial charge in [-0.15, -0.1) is 0 Å². The maximum atomic E-state index is 6.95. The molecular formula is C44H31N5O. The molecule has 3 aromatic heterocycles. The third kappa shape index (κ3) is 4.54. The smallest absolute Gasteiger partial charge is 0.145 e. The minimum Gasteiger partial charge on any atom is -0.455 e. The number of nitrogens with one attached hydrogen (secondary N) is 2. The van der Waals surface area contributed by atoms with Gasteiger partial charge in [-0.1, -0.05) is 109 Å². The lowest BCUT2D eigenvalue weighted by Crippen LogP contribution is -2.45. The second-order valence-corrected chi connectivity index (χ2v) is 12.6. The molecule has 4 heterocycles. The molecule has 0 spiro atoms. The van der Waals surface area contributed by atoms with E-state index < -0.39 is 0 Å². The molecule has 238 valence electrons. The van der Waals surface area contributed by atoms with Crippen molar-refractivity contribution in [3.63, 3.8) is 0 Å². The molecule has 50 heavy (non-hydrogen) atoms. The van der Waals surface area contributed by atoms with E-state index in [0.717, 1.165) is 72.4 Å². The van der Waals surface area contributed by atoms with E-state index in [1.54, 1.807) is 0 Å². The number of amidine groups is 1. The number of hydrogen-bond acceptors (Lipinski definition) is 5. The van der Waals surface area contributed by atoms with Crippen LogP contribution in [0.5, 0.6) is 0 Å². The van der Waals surface area contributed by atoms with Gasteiger partial charge in [0.15, 0.2) is 0 Å². The van der Waals surface area contributed by atoms with Gasteiger partial charge in [0.05, 0.1) is 22.1 Å². The molecular weight excluding hydrogens is 615 g/mol. The first-order valence-corrected chi connectivity index (χ1v) is 16.9. The molecule has 0 saturated carbocycles. The molecule has 10 rings (SSSR count). The van der Waals surface area contributed by atoms with Gasteiger partial charge in [0.25, 0.3) is 0 Å². The molecule has 0 amide bonds. The largest absolute Gasteiger partial charge is 0.455 e. The van der Waals surface area contributed by atoms with E-state index in [4.69, 9.17) is 14.4 Å². The normalized spacial score (nSPS) is 16.2. The van der Waals surface area contributed by atoms with Crippen LogP contribution < -0.4 is 10.6 Å². The average molecular weight is 646 g/mol. The zero-order valence-electron chi connectivity index (χ0n) is 27.0. The summed E-state index contributed by atoms with van der Waals surface area (Å²) in [5, 5.41) is 12.1. The van der Waals surface area contributed by atoms with Crippen LogP contribution >= 0.6 is 0 Å². The van der Waals surface area contributed by atoms with Crippen molar-refractivity contribution in [2.45, 2.75) is 12.3 Å². The van der Waals surface area contributed by atoms with Gasteiger partial charge in [0.2, 0.25) is 0 Å². The lowest BCUT2D eigenvalue weighted by atomic mass is 9.97. The number of hydrogen-bond donors (Lipinski definition) is 2. The molecule has 0 radical (unpaired) electrons. The number of aromatic nitrogens is 2. The molecule has 0 bridgehead atoms. The molecule has 2 N–H and O–H groups in total. The molecule has 1 aliphatic heterocycles. The molecule has 1 aliphatic rings. The summed E-state index contributed by atoms with van der Waals surface area (Å²) in [7, 11) is 0. The van der Waals surface area contributed by atoms with Gasteiger partial charge >= 0.3 is 0 Å². The van der Waals surface area contributed by atoms with E-state index in [-0.39, 0.29) is 12.3 Å². The SMILES string of the molecule is c1ccc(C2=NC(c3ccccc3)NC(c3ccc(-c4ccccn4)c4oc5ccc6c7ccccc7n(-c7ccccc7)c6c5c34)N2)cc1. The molecule has 0 saturated heterocycles. The quantitative estimate of drug-likeness (QED) is 0.196. The molecule has 6 aromatic carbocycles. The van der Waals surface area contributed by atoms with Crippen LogP contribution in [0.3, 0.4) is 0 Å². The first-order chi connectivity index (χ1) is 24.8. The number of benzene rings is 6. The Morgan fingerprint density at radius 1 is 0.620 bits per heavy atom. The fourth-order valence-corrected chi connectivity index (χ4v) is 7.51. The van der Waals surface area contributed by atoms with E-state index in [1.165, 1.54) is 10.8 Å². The first kappa shape index (κ1) is 28.5. The number of aliphatic imine (C=N–C) groups is 1. The minimum absolute atomic E-state index is 0.267. The summed E-state index contributed by atoms with van der Waals surface area (Å²) in [5.41, 5.74) is 9.99. The summed E-state index contributed by atoms with van der Waals surface area (Å²) in [5.74, 6) is 0.835. The number of nitrogens with zero attached hydrogens (tertiary/aromatic N) is 3. The number of rotatable bonds is 5. The number of furan rings is 1. The summed E-state index contributed by atoms with van der Waals surface area (Å²) in [4.78, 5) is 9.94. The minimum atomic E-state index is -0.293. The maximum absolute atomic E-state index is 6.95. The highest BCUT2D eigenvalue weighted by Gasteiger charge is 2.30. The Morgan fingerprint density at radius 2 is 1.36 bits per heavy atom. The maximum Gasteiger partial charge on any atom is 0.145 e. The third-order valence-electron chi connectivity index (χ3n) is 9.74. The Balaban J connectivity index is 1.30. The Bertz CT molecular complexity index is 2700. The van der Waals surface area contributed by atoms with Crippen molar-refractivity contribution in [3.05, 3.63) is 181 Å². The molecule has 9 aromatic rings. The Morgan fingerprint density at radius 3 is 2.16 bits per heavy atom. The van der Waals surface area contributed by atoms with Gasteiger partial charge in [0, 0.05) is 44.7 Å². The van der Waals surface area contributed by atoms with Gasteiger partial charge in [-0.2, -0.15) is 0 Å². The van der Waals surface area contributed by atoms with Crippen LogP contribution in [0.15, 0.2) is 173 Å². The molecule has 0 fully saturated rings. The van der Waals surface area contributed by atoms with Crippen LogP contribution in [-0.4, -0.2) is 15.4 Å². The summed E-state index contributed by atoms with van der Waals surface area (Å²) in [6.07, 6.45) is 1.27. The van der Waals surface area contributed by atoms with Crippen LogP contribution in [0, 0.1) is 0 Å². The second kappa shape index (κ2) is 11.6. The highest BCUT2D eigenvalue weighted by atomic mass is 16.3. The standard InChI is InChI=1S/C44H31N5O/c1-4-14-28(15-5-1)42-46-43(29-16-6-2-7-17-29)48-44(47-42)34-24-23-33(35-21-12-13-27-45-35)41-38(34)39-37(50-41)26-25-32-31-20-10-11-22-36(31)49(40(32)39)30-18-8-3-9-19-30/h1-27,42,44,47H,(H,46,48). The predicted molar refractivity (Wildman–Crippen MR) is 202 cm³/mol. The predicted octanol–water partition coefficient (Wildman–Crippen LogP) is 10.1. The molecule has 0 aliphatic carbocycles. The second-order valence-electron chi connectivity index (χ2n) is 12.6. The lowest BCUT2D eigenvalue weighted by Gasteiger charge is -2.32. The summed E-state index contributed by atoms with van der Waals surface area (Å²) in [6, 6.07) is 54.7. The van der Waals surface area contributed by atoms with Crippen molar-refractivity contribution in [2.24, 2.45) is 4.99 Å². The zero-order valence-corrected chi connectivity index (χ0v) is 27.0. The molecule has 6 nitrogen and oxygen atoms in total. The monoisotopic (exact) mass is 645 g/mol. The van der Waals surface area contributed by atoms with Crippen molar-refractivity contribution in [1.29, 1.82) is 0 Å². The number of fused-ring (bicyclic) bond motifs is 7. The first-order valence-electron chi connectivity index (χ1n) is 16.9. The van der Waals surface area contributed by atoms with E-state index in [2.05, 4.69) is 143 Å². The van der Waals surface area contributed by atoms with Gasteiger partial charge in [-0.3, -0.25) is 10.3 Å². The van der Waals surface area contributed by atoms with Gasteiger partial charge in [-0.25, -0.2) is 4.99 Å². The van der Waals surface area contributed by atoms with E-state index in [0.29, 0.717) is 0 Å². The van der Waals surface area contributed by atoms with Crippen molar-refractivity contribution < 1.29 is 4.42 Å². The van der Waals surface area contributed by atoms with E-state index in [1.807, 2.05) is 36.5 Å². The fourth-order valence-electron chi connectivity index (χ4n) is 7.51. The average Bonchev–Trinajstić information content (AvgIpc) is 3.75. The van der Waals surface area contributed by atoms with Crippen LogP contribution in [0.4, 0.5) is 0 Å². The highest BCUT2D eigenvalue weighted by molar-refractivity contribution is 6.26. The van der Waals surface area contributed by atoms with Crippen LogP contribution in [0.2, 0.25) is 0 Å². The Hall–Kier alpha value is -6.50. The van der Waals surface area contributed by atoms with Crippen LogP contribution in [-0.2, 0) is 0 Å². The van der Waals surface area contributed by atoms with Crippen molar-refractivity contribution in [2.75, 3.05) is 0 Å². The van der Waals surface area contributed by atoms with Crippen LogP contribution in [0.1, 0.15) is 29.0 Å². The van der Waals surface area contributed by atoms with Crippen molar-refractivity contribution in [1.82, 2.24) is 20.2 Å². The van der Waals surface area contributed by atoms with Crippen LogP contribution in [0.25, 0.3) is 60.7 Å². The van der Waals surface area contributed by atoms with Gasteiger partial charge in [-0.05, 0) is 54.1 Å². The molecule has 2 unspecified atom stereocenters. The van der Waals surface area contributed by atoms with E-state index >= 15 is 0 Å². The summed E-state index contributed by atoms with van der Waals surface area (Å²) in [6.45, 7) is 0. The van der Waals surface area contributed by atoms with Gasteiger partial charge < -0.3 is 14.3 Å². The Kier molecular flexibility index (Phi) is 6.60. The fraction of sp³-hybridized carbons (Fsp3) is 0.0455. The third-order valence-corrected chi connectivity index (χ3v) is 9.74. The van der Waals surface area contributed by atoms with Gasteiger partial charge in [0.1, 0.15) is 29.3 Å². The van der Waals surface area contributed by atoms with E-state index in [9.17, 15) is 0 Å². The zero-order chi connectivity index (χ0) is 33.0. The lowest BCUT2D eigenvalue weighted by molar-refractivity contribution is 0.411. The summed E-state index contributed by atoms with van der Waals surface area (Å²) < 4.78 is 9.33. The highest BCUT2D eigenvalue weighted by Crippen LogP contribution is 2.45. The number of pyridine rings is 1.